The van der Waals surface area contributed by atoms with E-state index in [1.165, 1.54) is 141 Å². The van der Waals surface area contributed by atoms with Gasteiger partial charge in [-0.25, -0.2) is 8.42 Å². The van der Waals surface area contributed by atoms with Crippen molar-refractivity contribution in [2.24, 2.45) is 0 Å². The Morgan fingerprint density at radius 3 is 1.30 bits per heavy atom. The minimum atomic E-state index is -4.41. The van der Waals surface area contributed by atoms with Crippen LogP contribution in [0, 0.1) is 0 Å². The fourth-order valence-electron chi connectivity index (χ4n) is 7.38. The van der Waals surface area contributed by atoms with Gasteiger partial charge in [0.1, 0.15) is 13.2 Å². The monoisotopic (exact) mass is 882 g/mol. The third kappa shape index (κ3) is 43.3. The smallest absolute Gasteiger partial charge is 0.305 e. The fraction of sp³-hybridized carbons (Fsp3) is 0.957. The summed E-state index contributed by atoms with van der Waals surface area (Å²) in [5.74, 6) is -0.0411. The molecular weight excluding hydrogens is 787 g/mol. The molecule has 3 N–H and O–H groups in total. The molecule has 1 atom stereocenters. The molecule has 360 valence electrons. The molecule has 0 aliphatic rings. The van der Waals surface area contributed by atoms with Crippen molar-refractivity contribution in [1.82, 2.24) is 9.80 Å². The van der Waals surface area contributed by atoms with Crippen molar-refractivity contribution < 1.29 is 51.3 Å². The zero-order valence-electron chi connectivity index (χ0n) is 39.2. The first-order valence-corrected chi connectivity index (χ1v) is 25.6. The molecule has 0 bridgehead atoms. The van der Waals surface area contributed by atoms with Crippen LogP contribution >= 0.6 is 0 Å². The van der Waals surface area contributed by atoms with E-state index in [2.05, 4.69) is 30.0 Å². The van der Waals surface area contributed by atoms with Crippen molar-refractivity contribution in [3.05, 3.63) is 0 Å². The van der Waals surface area contributed by atoms with Gasteiger partial charge in [0.15, 0.2) is 0 Å². The third-order valence-corrected chi connectivity index (χ3v) is 11.9. The van der Waals surface area contributed by atoms with Crippen molar-refractivity contribution in [3.8, 4) is 0 Å². The number of unbranched alkanes of at least 4 members (excludes halogenated alkanes) is 24. The van der Waals surface area contributed by atoms with Crippen LogP contribution in [0.3, 0.4) is 0 Å². The van der Waals surface area contributed by atoms with Crippen LogP contribution in [0.1, 0.15) is 194 Å². The number of carbonyl (C=O) groups is 2. The first kappa shape index (κ1) is 60.7. The number of aliphatic hydroxyl groups is 3. The van der Waals surface area contributed by atoms with Crippen LogP contribution in [0.5, 0.6) is 0 Å². The second kappa shape index (κ2) is 44.2. The molecule has 0 aromatic rings. The van der Waals surface area contributed by atoms with E-state index in [1.54, 1.807) is 4.90 Å². The molecule has 1 unspecified atom stereocenters. The Hall–Kier alpha value is -1.39. The number of ether oxygens (including phenoxy) is 1. The maximum absolute atomic E-state index is 13.1. The summed E-state index contributed by atoms with van der Waals surface area (Å²) in [4.78, 5) is 29.4. The van der Waals surface area contributed by atoms with Gasteiger partial charge >= 0.3 is 5.97 Å². The van der Waals surface area contributed by atoms with Gasteiger partial charge < -0.3 is 34.0 Å². The minimum absolute atomic E-state index is 0.0224. The van der Waals surface area contributed by atoms with Crippen molar-refractivity contribution in [3.63, 3.8) is 0 Å². The third-order valence-electron chi connectivity index (χ3n) is 11.5. The zero-order chi connectivity index (χ0) is 45.0. The molecule has 0 radical (unpaired) electrons. The molecule has 0 saturated carbocycles. The highest BCUT2D eigenvalue weighted by Crippen LogP contribution is 2.15. The maximum atomic E-state index is 13.1. The molecule has 0 aliphatic carbocycles. The van der Waals surface area contributed by atoms with Gasteiger partial charge in [0.2, 0.25) is 16.3 Å². The second-order valence-electron chi connectivity index (χ2n) is 17.0. The Morgan fingerprint density at radius 1 is 0.533 bits per heavy atom. The summed E-state index contributed by atoms with van der Waals surface area (Å²) >= 11 is 0. The van der Waals surface area contributed by atoms with Gasteiger partial charge in [-0.3, -0.25) is 18.7 Å². The molecule has 0 heterocycles. The van der Waals surface area contributed by atoms with E-state index in [0.717, 1.165) is 39.3 Å². The summed E-state index contributed by atoms with van der Waals surface area (Å²) in [5.41, 5.74) is 0. The Labute approximate surface area is 368 Å². The number of amides is 1. The average Bonchev–Trinajstić information content (AvgIpc) is 3.22. The van der Waals surface area contributed by atoms with Crippen LogP contribution in [-0.4, -0.2) is 147 Å². The summed E-state index contributed by atoms with van der Waals surface area (Å²) in [6, 6.07) is 0. The van der Waals surface area contributed by atoms with Crippen molar-refractivity contribution >= 4 is 22.3 Å². The van der Waals surface area contributed by atoms with Gasteiger partial charge in [-0.05, 0) is 12.8 Å². The lowest BCUT2D eigenvalue weighted by Crippen LogP contribution is -2.54. The van der Waals surface area contributed by atoms with E-state index in [1.807, 2.05) is 0 Å². The van der Waals surface area contributed by atoms with Crippen LogP contribution < -0.4 is 0 Å². The van der Waals surface area contributed by atoms with E-state index in [-0.39, 0.29) is 31.7 Å². The van der Waals surface area contributed by atoms with Gasteiger partial charge in [-0.2, -0.15) is 0 Å². The molecule has 0 aliphatic heterocycles. The minimum Gasteiger partial charge on any atom is -0.726 e. The highest BCUT2D eigenvalue weighted by atomic mass is 32.3. The van der Waals surface area contributed by atoms with Gasteiger partial charge in [0.25, 0.3) is 0 Å². The molecule has 0 rings (SSSR count). The predicted octanol–water partition coefficient (Wildman–Crippen LogP) is 8.14. The second-order valence-corrected chi connectivity index (χ2v) is 18.1. The lowest BCUT2D eigenvalue weighted by molar-refractivity contribution is -0.908. The summed E-state index contributed by atoms with van der Waals surface area (Å²) in [5, 5.41) is 29.3. The molecular formula is C46H95N3O10S. The molecule has 13 nitrogen and oxygen atoms in total. The number of aliphatic hydroxyl groups excluding tert-OH is 3. The van der Waals surface area contributed by atoms with Crippen molar-refractivity contribution in [2.75, 3.05) is 92.9 Å². The number of rotatable bonds is 44. The lowest BCUT2D eigenvalue weighted by Gasteiger charge is -2.37. The standard InChI is InChI=1S/C45H92N3O6.CH4O4S/c1-4-6-8-10-12-14-16-18-20-22-24-26-28-30-44(52)47(35-41-50)33-38-48(3,39-42-51)37-32-46(34-40-49)36-43-54-45(53)31-29-27-25-23-21-19-17-15-13-11-9-7-5-2;1-5-6(2,3)4/h49-51H,4-43H2,1-3H3;1H3,(H,2,3,4)/q+1;/p-1. The molecule has 1 amide bonds. The predicted molar refractivity (Wildman–Crippen MR) is 243 cm³/mol. The number of hydrogen-bond donors (Lipinski definition) is 3. The van der Waals surface area contributed by atoms with Crippen LogP contribution in [0.15, 0.2) is 0 Å². The normalized spacial score (nSPS) is 12.6. The summed E-state index contributed by atoms with van der Waals surface area (Å²) in [6.07, 6.45) is 34.1. The van der Waals surface area contributed by atoms with Crippen LogP contribution in [0.2, 0.25) is 0 Å². The largest absolute Gasteiger partial charge is 0.726 e. The molecule has 0 fully saturated rings. The Balaban J connectivity index is 0. The quantitative estimate of drug-likeness (QED) is 0.0177. The van der Waals surface area contributed by atoms with E-state index in [9.17, 15) is 37.9 Å². The first-order chi connectivity index (χ1) is 28.9. The highest BCUT2D eigenvalue weighted by molar-refractivity contribution is 7.80. The summed E-state index contributed by atoms with van der Waals surface area (Å²) in [7, 11) is -1.51. The average molecular weight is 882 g/mol. The number of carbonyl (C=O) groups excluding carboxylic acids is 2. The molecule has 0 aromatic heterocycles. The van der Waals surface area contributed by atoms with Crippen molar-refractivity contribution in [2.45, 2.75) is 194 Å². The molecule has 0 aromatic carbocycles. The highest BCUT2D eigenvalue weighted by Gasteiger charge is 2.25. The van der Waals surface area contributed by atoms with Gasteiger partial charge in [0, 0.05) is 39.0 Å². The molecule has 60 heavy (non-hydrogen) atoms. The molecule has 14 heteroatoms. The van der Waals surface area contributed by atoms with Crippen LogP contribution in [0.4, 0.5) is 0 Å². The summed E-state index contributed by atoms with van der Waals surface area (Å²) in [6.45, 7) is 9.38. The Morgan fingerprint density at radius 2 is 0.917 bits per heavy atom. The molecule has 0 spiro atoms. The number of hydrogen-bond acceptors (Lipinski definition) is 11. The Kier molecular flexibility index (Phi) is 44.7. The lowest BCUT2D eigenvalue weighted by atomic mass is 10.0. The van der Waals surface area contributed by atoms with E-state index in [0.29, 0.717) is 69.7 Å². The van der Waals surface area contributed by atoms with Crippen LogP contribution in [-0.2, 0) is 28.9 Å². The van der Waals surface area contributed by atoms with Gasteiger partial charge in [-0.15, -0.1) is 0 Å². The topological polar surface area (TPSA) is 177 Å². The van der Waals surface area contributed by atoms with Crippen LogP contribution in [0.25, 0.3) is 0 Å². The van der Waals surface area contributed by atoms with E-state index in [4.69, 9.17) is 4.74 Å². The number of quaternary nitrogens is 1. The SMILES string of the molecule is CCCCCCCCCCCCCCCC(=O)OCCN(CCO)CC[N+](C)(CCO)CCN(CCO)C(=O)CCCCCCCCCCCCCCC.COS(=O)(=O)[O-]. The zero-order valence-corrected chi connectivity index (χ0v) is 40.1. The van der Waals surface area contributed by atoms with E-state index >= 15 is 0 Å². The maximum Gasteiger partial charge on any atom is 0.305 e. The summed E-state index contributed by atoms with van der Waals surface area (Å²) < 4.78 is 37.1. The number of likely N-dealkylation sites (N-methyl/N-ethyl adjacent to an activating group) is 1. The number of nitrogens with zero attached hydrogens (tertiary/aromatic N) is 3. The van der Waals surface area contributed by atoms with Gasteiger partial charge in [-0.1, -0.05) is 168 Å². The van der Waals surface area contributed by atoms with Crippen molar-refractivity contribution in [1.29, 1.82) is 0 Å². The van der Waals surface area contributed by atoms with Gasteiger partial charge in [0.05, 0.1) is 53.6 Å². The molecule has 0 saturated heterocycles. The fourth-order valence-corrected chi connectivity index (χ4v) is 7.38. The Bertz CT molecular complexity index is 1060. The number of esters is 1. The van der Waals surface area contributed by atoms with E-state index < -0.39 is 10.4 Å². The first-order valence-electron chi connectivity index (χ1n) is 24.2.